The zero-order valence-electron chi connectivity index (χ0n) is 16.0. The van der Waals surface area contributed by atoms with Crippen LogP contribution >= 0.6 is 0 Å². The predicted octanol–water partition coefficient (Wildman–Crippen LogP) is 0.388. The molecule has 5 N–H and O–H groups in total. The van der Waals surface area contributed by atoms with Gasteiger partial charge in [0.25, 0.3) is 11.8 Å². The lowest BCUT2D eigenvalue weighted by atomic mass is 10.1. The highest BCUT2D eigenvalue weighted by molar-refractivity contribution is 8.05. The molecule has 12 heteroatoms. The Balaban J connectivity index is 2.18. The van der Waals surface area contributed by atoms with E-state index >= 15 is 0 Å². The highest BCUT2D eigenvalue weighted by Crippen LogP contribution is 2.38. The number of fused-ring (bicyclic) bond motifs is 1. The van der Waals surface area contributed by atoms with Crippen molar-refractivity contribution in [2.45, 2.75) is 6.04 Å². The molecule has 1 atom stereocenters. The Bertz CT molecular complexity index is 1240. The first kappa shape index (κ1) is 21.9. The van der Waals surface area contributed by atoms with Gasteiger partial charge < -0.3 is 20.6 Å². The largest absolute Gasteiger partial charge is 0.504 e. The molecule has 1 aliphatic rings. The lowest BCUT2D eigenvalue weighted by Gasteiger charge is -2.26. The SMILES string of the molecule is CS(=O)(=O)C(=N)[C@H](c1ccc(O)c(O)c1)N1C(=O)c2cccc(NC(=O)CO)c2C1=O. The number of aliphatic hydroxyl groups excluding tert-OH is 1. The van der Waals surface area contributed by atoms with Crippen LogP contribution in [0, 0.1) is 5.41 Å². The van der Waals surface area contributed by atoms with E-state index in [9.17, 15) is 33.0 Å². The fourth-order valence-electron chi connectivity index (χ4n) is 3.16. The number of nitrogens with zero attached hydrogens (tertiary/aromatic N) is 1. The fraction of sp³-hybridized carbons (Fsp3) is 0.158. The van der Waals surface area contributed by atoms with Crippen LogP contribution in [0.1, 0.15) is 32.3 Å². The summed E-state index contributed by atoms with van der Waals surface area (Å²) in [7, 11) is -4.19. The first-order valence-corrected chi connectivity index (χ1v) is 10.6. The number of aromatic hydroxyl groups is 2. The van der Waals surface area contributed by atoms with E-state index in [1.807, 2.05) is 0 Å². The van der Waals surface area contributed by atoms with Crippen LogP contribution < -0.4 is 5.32 Å². The van der Waals surface area contributed by atoms with Gasteiger partial charge in [0.2, 0.25) is 5.91 Å². The van der Waals surface area contributed by atoms with E-state index in [1.54, 1.807) is 0 Å². The van der Waals surface area contributed by atoms with Crippen LogP contribution in [-0.2, 0) is 14.6 Å². The molecule has 1 aliphatic heterocycles. The molecular weight excluding hydrogens is 430 g/mol. The van der Waals surface area contributed by atoms with E-state index in [4.69, 9.17) is 10.5 Å². The van der Waals surface area contributed by atoms with Gasteiger partial charge in [0.1, 0.15) is 12.6 Å². The second-order valence-electron chi connectivity index (χ2n) is 6.70. The molecule has 0 radical (unpaired) electrons. The Hall–Kier alpha value is -3.77. The molecule has 0 saturated heterocycles. The van der Waals surface area contributed by atoms with Gasteiger partial charge in [-0.05, 0) is 29.8 Å². The standard InChI is InChI=1S/C19H17N3O8S/c1-31(29,30)17(20)16(9-5-6-12(24)13(25)7-9)22-18(27)10-3-2-4-11(15(10)19(22)28)21-14(26)8-23/h2-7,16,20,23-25H,8H2,1H3,(H,21,26)/t16-/m0/s1. The molecular formula is C19H17N3O8S. The Labute approximate surface area is 176 Å². The number of imide groups is 1. The van der Waals surface area contributed by atoms with Crippen molar-refractivity contribution >= 4 is 38.3 Å². The van der Waals surface area contributed by atoms with E-state index in [0.717, 1.165) is 24.5 Å². The number of rotatable bonds is 5. The first-order chi connectivity index (χ1) is 14.5. The molecule has 0 spiro atoms. The summed E-state index contributed by atoms with van der Waals surface area (Å²) in [5.74, 6) is -3.91. The monoisotopic (exact) mass is 447 g/mol. The second-order valence-corrected chi connectivity index (χ2v) is 8.69. The third kappa shape index (κ3) is 3.85. The molecule has 0 aromatic heterocycles. The molecule has 3 rings (SSSR count). The van der Waals surface area contributed by atoms with Gasteiger partial charge in [-0.25, -0.2) is 8.42 Å². The van der Waals surface area contributed by atoms with Crippen LogP contribution in [0.15, 0.2) is 36.4 Å². The van der Waals surface area contributed by atoms with Crippen LogP contribution in [0.5, 0.6) is 11.5 Å². The number of anilines is 1. The minimum atomic E-state index is -4.19. The zero-order valence-corrected chi connectivity index (χ0v) is 16.8. The summed E-state index contributed by atoms with van der Waals surface area (Å²) < 4.78 is 24.2. The Morgan fingerprint density at radius 1 is 1.13 bits per heavy atom. The van der Waals surface area contributed by atoms with Crippen molar-refractivity contribution in [1.29, 1.82) is 5.41 Å². The van der Waals surface area contributed by atoms with Crippen LogP contribution in [0.4, 0.5) is 5.69 Å². The van der Waals surface area contributed by atoms with Gasteiger partial charge in [-0.2, -0.15) is 0 Å². The zero-order chi connectivity index (χ0) is 23.1. The molecule has 11 nitrogen and oxygen atoms in total. The van der Waals surface area contributed by atoms with Crippen molar-refractivity contribution in [2.24, 2.45) is 0 Å². The highest BCUT2D eigenvalue weighted by Gasteiger charge is 2.45. The molecule has 0 fully saturated rings. The van der Waals surface area contributed by atoms with Crippen LogP contribution in [0.25, 0.3) is 0 Å². The van der Waals surface area contributed by atoms with E-state index < -0.39 is 56.8 Å². The number of carbonyl (C=O) groups excluding carboxylic acids is 3. The summed E-state index contributed by atoms with van der Waals surface area (Å²) in [5, 5.41) is 37.7. The van der Waals surface area contributed by atoms with E-state index in [1.165, 1.54) is 18.2 Å². The maximum absolute atomic E-state index is 13.2. The molecule has 0 bridgehead atoms. The molecule has 2 aromatic carbocycles. The predicted molar refractivity (Wildman–Crippen MR) is 108 cm³/mol. The lowest BCUT2D eigenvalue weighted by Crippen LogP contribution is -2.40. The topological polar surface area (TPSA) is 185 Å². The molecule has 0 saturated carbocycles. The summed E-state index contributed by atoms with van der Waals surface area (Å²) in [6, 6.07) is 5.39. The fourth-order valence-corrected chi connectivity index (χ4v) is 3.81. The van der Waals surface area contributed by atoms with E-state index in [-0.39, 0.29) is 22.4 Å². The summed E-state index contributed by atoms with van der Waals surface area (Å²) in [4.78, 5) is 38.4. The smallest absolute Gasteiger partial charge is 0.264 e. The van der Waals surface area contributed by atoms with Crippen molar-refractivity contribution in [3.8, 4) is 11.5 Å². The van der Waals surface area contributed by atoms with Gasteiger partial charge in [0, 0.05) is 6.26 Å². The summed E-state index contributed by atoms with van der Waals surface area (Å²) >= 11 is 0. The van der Waals surface area contributed by atoms with E-state index in [0.29, 0.717) is 4.90 Å². The van der Waals surface area contributed by atoms with Crippen LogP contribution in [0.3, 0.4) is 0 Å². The van der Waals surface area contributed by atoms with Gasteiger partial charge >= 0.3 is 0 Å². The van der Waals surface area contributed by atoms with Gasteiger partial charge in [-0.1, -0.05) is 12.1 Å². The van der Waals surface area contributed by atoms with Crippen molar-refractivity contribution in [3.63, 3.8) is 0 Å². The summed E-state index contributed by atoms with van der Waals surface area (Å²) in [5.41, 5.74) is -0.560. The average molecular weight is 447 g/mol. The van der Waals surface area contributed by atoms with Crippen molar-refractivity contribution in [1.82, 2.24) is 4.90 Å². The number of hydrogen-bond acceptors (Lipinski definition) is 9. The van der Waals surface area contributed by atoms with Crippen LogP contribution in [0.2, 0.25) is 0 Å². The number of hydrogen-bond donors (Lipinski definition) is 5. The Morgan fingerprint density at radius 3 is 2.39 bits per heavy atom. The van der Waals surface area contributed by atoms with Crippen molar-refractivity contribution in [2.75, 3.05) is 18.2 Å². The van der Waals surface area contributed by atoms with Gasteiger partial charge in [0.15, 0.2) is 26.4 Å². The Morgan fingerprint density at radius 2 is 1.81 bits per heavy atom. The normalized spacial score (nSPS) is 14.3. The molecule has 31 heavy (non-hydrogen) atoms. The molecule has 162 valence electrons. The maximum atomic E-state index is 13.2. The molecule has 1 heterocycles. The third-order valence-electron chi connectivity index (χ3n) is 4.59. The maximum Gasteiger partial charge on any atom is 0.264 e. The van der Waals surface area contributed by atoms with E-state index in [2.05, 4.69) is 5.32 Å². The number of carbonyl (C=O) groups is 3. The molecule has 3 amide bonds. The Kier molecular flexibility index (Phi) is 5.53. The van der Waals surface area contributed by atoms with Crippen molar-refractivity contribution < 1.29 is 38.1 Å². The minimum absolute atomic E-state index is 0.0735. The number of nitrogens with one attached hydrogen (secondary N) is 2. The average Bonchev–Trinajstić information content (AvgIpc) is 2.96. The van der Waals surface area contributed by atoms with Gasteiger partial charge in [-0.15, -0.1) is 0 Å². The number of aliphatic hydroxyl groups is 1. The quantitative estimate of drug-likeness (QED) is 0.188. The second kappa shape index (κ2) is 7.81. The van der Waals surface area contributed by atoms with Crippen molar-refractivity contribution in [3.05, 3.63) is 53.1 Å². The number of phenolic OH excluding ortho intramolecular Hbond substituents is 2. The summed E-state index contributed by atoms with van der Waals surface area (Å²) in [6.07, 6.45) is 0.730. The minimum Gasteiger partial charge on any atom is -0.504 e. The molecule has 0 unspecified atom stereocenters. The molecule has 0 aliphatic carbocycles. The number of phenols is 2. The number of sulfone groups is 1. The lowest BCUT2D eigenvalue weighted by molar-refractivity contribution is -0.118. The van der Waals surface area contributed by atoms with Gasteiger partial charge in [-0.3, -0.25) is 24.7 Å². The highest BCUT2D eigenvalue weighted by atomic mass is 32.2. The molecule has 2 aromatic rings. The number of amides is 3. The first-order valence-electron chi connectivity index (χ1n) is 8.69. The van der Waals surface area contributed by atoms with Gasteiger partial charge in [0.05, 0.1) is 16.8 Å². The van der Waals surface area contributed by atoms with Crippen LogP contribution in [-0.4, -0.2) is 64.3 Å². The number of benzene rings is 2. The third-order valence-corrected chi connectivity index (χ3v) is 5.61. The summed E-state index contributed by atoms with van der Waals surface area (Å²) in [6.45, 7) is -0.871.